The van der Waals surface area contributed by atoms with Gasteiger partial charge in [0.1, 0.15) is 11.5 Å². The summed E-state index contributed by atoms with van der Waals surface area (Å²) in [6.45, 7) is 6.52. The molecule has 0 radical (unpaired) electrons. The predicted molar refractivity (Wildman–Crippen MR) is 84.5 cm³/mol. The second kappa shape index (κ2) is 6.67. The molecule has 3 heterocycles. The number of hydrogen-bond acceptors (Lipinski definition) is 4. The Kier molecular flexibility index (Phi) is 4.64. The lowest BCUT2D eigenvalue weighted by molar-refractivity contribution is 0.140. The first-order chi connectivity index (χ1) is 10.6. The Labute approximate surface area is 131 Å². The predicted octanol–water partition coefficient (Wildman–Crippen LogP) is 2.30. The number of nitrogens with one attached hydrogen (secondary N) is 1. The van der Waals surface area contributed by atoms with Gasteiger partial charge in [0.05, 0.1) is 18.3 Å². The fourth-order valence-corrected chi connectivity index (χ4v) is 3.23. The van der Waals surface area contributed by atoms with Gasteiger partial charge in [-0.15, -0.1) is 0 Å². The van der Waals surface area contributed by atoms with Gasteiger partial charge in [-0.05, 0) is 38.0 Å². The molecule has 2 atom stereocenters. The van der Waals surface area contributed by atoms with Crippen molar-refractivity contribution in [2.75, 3.05) is 13.1 Å². The maximum absolute atomic E-state index is 10.3. The van der Waals surface area contributed by atoms with Gasteiger partial charge in [0, 0.05) is 31.1 Å². The summed E-state index contributed by atoms with van der Waals surface area (Å²) in [5.74, 6) is 2.29. The topological polar surface area (TPSA) is 65.3 Å². The van der Waals surface area contributed by atoms with Gasteiger partial charge in [0.15, 0.2) is 0 Å². The first kappa shape index (κ1) is 15.3. The number of β-amino-alcohol motifs (C(OH)–C–C–N with tert-alkyl or cyclic N) is 1. The van der Waals surface area contributed by atoms with Gasteiger partial charge in [0.25, 0.3) is 0 Å². The molecule has 3 rings (SSSR count). The summed E-state index contributed by atoms with van der Waals surface area (Å²) in [7, 11) is 0. The molecule has 0 aliphatic carbocycles. The van der Waals surface area contributed by atoms with E-state index in [9.17, 15) is 5.11 Å². The van der Waals surface area contributed by atoms with Crippen LogP contribution in [0.25, 0.3) is 0 Å². The van der Waals surface area contributed by atoms with Crippen LogP contribution in [0.1, 0.15) is 36.3 Å². The van der Waals surface area contributed by atoms with E-state index in [0.717, 1.165) is 55.3 Å². The zero-order valence-electron chi connectivity index (χ0n) is 13.4. The second-order valence-electron chi connectivity index (χ2n) is 6.39. The molecule has 0 bridgehead atoms. The zero-order chi connectivity index (χ0) is 15.5. The van der Waals surface area contributed by atoms with Crippen LogP contribution < -0.4 is 0 Å². The Morgan fingerprint density at radius 3 is 2.91 bits per heavy atom. The molecule has 0 unspecified atom stereocenters. The van der Waals surface area contributed by atoms with E-state index < -0.39 is 0 Å². The number of furan rings is 1. The van der Waals surface area contributed by atoms with Gasteiger partial charge in [-0.3, -0.25) is 10.00 Å². The van der Waals surface area contributed by atoms with Crippen molar-refractivity contribution < 1.29 is 9.52 Å². The van der Waals surface area contributed by atoms with Crippen LogP contribution in [0.15, 0.2) is 22.6 Å². The summed E-state index contributed by atoms with van der Waals surface area (Å²) in [6, 6.07) is 6.18. The third-order valence-corrected chi connectivity index (χ3v) is 4.31. The molecular formula is C17H25N3O2. The van der Waals surface area contributed by atoms with Gasteiger partial charge < -0.3 is 9.52 Å². The Balaban J connectivity index is 1.55. The molecule has 1 saturated heterocycles. The van der Waals surface area contributed by atoms with Crippen molar-refractivity contribution in [3.63, 3.8) is 0 Å². The molecule has 1 aliphatic heterocycles. The average Bonchev–Trinajstić information content (AvgIpc) is 3.15. The first-order valence-electron chi connectivity index (χ1n) is 8.13. The average molecular weight is 303 g/mol. The fraction of sp³-hybridized carbons (Fsp3) is 0.588. The van der Waals surface area contributed by atoms with Crippen molar-refractivity contribution in [1.82, 2.24) is 15.1 Å². The van der Waals surface area contributed by atoms with Crippen molar-refractivity contribution in [2.45, 2.75) is 45.8 Å². The lowest BCUT2D eigenvalue weighted by Crippen LogP contribution is -2.21. The van der Waals surface area contributed by atoms with Crippen LogP contribution in [0.5, 0.6) is 0 Å². The highest BCUT2D eigenvalue weighted by Gasteiger charge is 2.32. The minimum absolute atomic E-state index is 0.243. The highest BCUT2D eigenvalue weighted by molar-refractivity contribution is 5.10. The lowest BCUT2D eigenvalue weighted by atomic mass is 10.0. The maximum Gasteiger partial charge on any atom is 0.118 e. The Bertz CT molecular complexity index is 605. The van der Waals surface area contributed by atoms with Crippen molar-refractivity contribution in [3.8, 4) is 0 Å². The Morgan fingerprint density at radius 1 is 1.36 bits per heavy atom. The normalized spacial score (nSPS) is 22.5. The third-order valence-electron chi connectivity index (χ3n) is 4.31. The van der Waals surface area contributed by atoms with Gasteiger partial charge in [0.2, 0.25) is 0 Å². The summed E-state index contributed by atoms with van der Waals surface area (Å²) < 4.78 is 5.84. The van der Waals surface area contributed by atoms with Crippen LogP contribution in [-0.2, 0) is 19.4 Å². The first-order valence-corrected chi connectivity index (χ1v) is 8.13. The molecule has 5 nitrogen and oxygen atoms in total. The van der Waals surface area contributed by atoms with E-state index in [-0.39, 0.29) is 12.0 Å². The number of H-pyrrole nitrogens is 1. The van der Waals surface area contributed by atoms with E-state index in [2.05, 4.69) is 40.2 Å². The summed E-state index contributed by atoms with van der Waals surface area (Å²) in [6.07, 6.45) is 2.62. The van der Waals surface area contributed by atoms with E-state index in [1.165, 1.54) is 0 Å². The molecule has 0 aromatic carbocycles. The molecule has 0 saturated carbocycles. The van der Waals surface area contributed by atoms with E-state index in [1.54, 1.807) is 0 Å². The number of likely N-dealkylation sites (tertiary alicyclic amines) is 1. The molecule has 2 aromatic rings. The number of rotatable bonds is 6. The molecule has 1 aliphatic rings. The highest BCUT2D eigenvalue weighted by atomic mass is 16.3. The van der Waals surface area contributed by atoms with Gasteiger partial charge >= 0.3 is 0 Å². The molecule has 5 heteroatoms. The molecule has 2 aromatic heterocycles. The van der Waals surface area contributed by atoms with E-state index >= 15 is 0 Å². The number of aromatic nitrogens is 2. The number of aryl methyl sites for hydroxylation is 2. The van der Waals surface area contributed by atoms with Crippen LogP contribution in [0, 0.1) is 12.8 Å². The van der Waals surface area contributed by atoms with Crippen LogP contribution in [0.4, 0.5) is 0 Å². The van der Waals surface area contributed by atoms with Crippen LogP contribution in [0.2, 0.25) is 0 Å². The minimum atomic E-state index is -0.290. The smallest absolute Gasteiger partial charge is 0.118 e. The fourth-order valence-electron chi connectivity index (χ4n) is 3.23. The summed E-state index contributed by atoms with van der Waals surface area (Å²) in [5.41, 5.74) is 2.10. The van der Waals surface area contributed by atoms with Crippen molar-refractivity contribution in [1.29, 1.82) is 0 Å². The number of aliphatic hydroxyl groups is 1. The van der Waals surface area contributed by atoms with Crippen molar-refractivity contribution in [2.24, 2.45) is 5.92 Å². The number of hydrogen-bond donors (Lipinski definition) is 2. The molecule has 0 amide bonds. The summed E-state index contributed by atoms with van der Waals surface area (Å²) >= 11 is 0. The SMILES string of the molecule is CCCc1ccc(CN2C[C@@H](Cc3cc(C)[nH]n3)[C@@H](O)C2)o1. The molecule has 0 spiro atoms. The largest absolute Gasteiger partial charge is 0.465 e. The number of aliphatic hydroxyl groups excluding tert-OH is 1. The van der Waals surface area contributed by atoms with Crippen LogP contribution in [0.3, 0.4) is 0 Å². The third kappa shape index (κ3) is 3.59. The molecular weight excluding hydrogens is 278 g/mol. The number of aromatic amines is 1. The van der Waals surface area contributed by atoms with Gasteiger partial charge in [-0.1, -0.05) is 6.92 Å². The van der Waals surface area contributed by atoms with Gasteiger partial charge in [-0.2, -0.15) is 5.10 Å². The van der Waals surface area contributed by atoms with Crippen LogP contribution >= 0.6 is 0 Å². The standard InChI is InChI=1S/C17H25N3O2/c1-3-4-15-5-6-16(22-15)10-20-9-13(17(21)11-20)8-14-7-12(2)18-19-14/h5-7,13,17,21H,3-4,8-11H2,1-2H3,(H,18,19)/t13-,17+/m1/s1. The molecule has 120 valence electrons. The maximum atomic E-state index is 10.3. The Hall–Kier alpha value is -1.59. The summed E-state index contributed by atoms with van der Waals surface area (Å²) in [5, 5.41) is 17.5. The quantitative estimate of drug-likeness (QED) is 0.859. The van der Waals surface area contributed by atoms with E-state index in [1.807, 2.05) is 6.92 Å². The van der Waals surface area contributed by atoms with E-state index in [0.29, 0.717) is 6.54 Å². The summed E-state index contributed by atoms with van der Waals surface area (Å²) in [4.78, 5) is 2.27. The number of nitrogens with zero attached hydrogens (tertiary/aromatic N) is 2. The Morgan fingerprint density at radius 2 is 2.18 bits per heavy atom. The van der Waals surface area contributed by atoms with E-state index in [4.69, 9.17) is 4.42 Å². The lowest BCUT2D eigenvalue weighted by Gasteiger charge is -2.13. The monoisotopic (exact) mass is 303 g/mol. The van der Waals surface area contributed by atoms with Crippen molar-refractivity contribution >= 4 is 0 Å². The van der Waals surface area contributed by atoms with Gasteiger partial charge in [-0.25, -0.2) is 0 Å². The molecule has 22 heavy (non-hydrogen) atoms. The zero-order valence-corrected chi connectivity index (χ0v) is 13.4. The molecule has 1 fully saturated rings. The second-order valence-corrected chi connectivity index (χ2v) is 6.39. The van der Waals surface area contributed by atoms with Crippen LogP contribution in [-0.4, -0.2) is 39.4 Å². The van der Waals surface area contributed by atoms with Crippen molar-refractivity contribution in [3.05, 3.63) is 41.1 Å². The molecule has 2 N–H and O–H groups in total. The minimum Gasteiger partial charge on any atom is -0.465 e. The highest BCUT2D eigenvalue weighted by Crippen LogP contribution is 2.23.